The monoisotopic (exact) mass is 399 g/mol. The molecule has 6 heteroatoms. The molecule has 0 radical (unpaired) electrons. The summed E-state index contributed by atoms with van der Waals surface area (Å²) in [6.07, 6.45) is 1.67. The zero-order chi connectivity index (χ0) is 18.0. The second-order valence-electron chi connectivity index (χ2n) is 6.56. The zero-order valence-corrected chi connectivity index (χ0v) is 15.8. The number of ether oxygens (including phenoxy) is 1. The van der Waals surface area contributed by atoms with E-state index in [0.717, 1.165) is 9.86 Å². The van der Waals surface area contributed by atoms with Gasteiger partial charge >= 0.3 is 0 Å². The molecular weight excluding hydrogens is 382 g/mol. The molecule has 0 atom stereocenters. The van der Waals surface area contributed by atoms with Gasteiger partial charge in [-0.1, -0.05) is 0 Å². The van der Waals surface area contributed by atoms with E-state index in [0.29, 0.717) is 22.8 Å². The molecule has 0 aliphatic rings. The molecule has 0 aliphatic carbocycles. The van der Waals surface area contributed by atoms with Gasteiger partial charge in [-0.25, -0.2) is 9.97 Å². The summed E-state index contributed by atoms with van der Waals surface area (Å²) in [5.74, 6) is 0.819. The summed E-state index contributed by atoms with van der Waals surface area (Å²) < 4.78 is 6.68. The van der Waals surface area contributed by atoms with Gasteiger partial charge in [-0.05, 0) is 79.2 Å². The van der Waals surface area contributed by atoms with E-state index in [1.807, 2.05) is 39.0 Å². The summed E-state index contributed by atoms with van der Waals surface area (Å²) in [7, 11) is 0. The highest BCUT2D eigenvalue weighted by Gasteiger charge is 2.16. The van der Waals surface area contributed by atoms with E-state index in [4.69, 9.17) is 4.74 Å². The number of hydrogen-bond acceptors (Lipinski definition) is 4. The van der Waals surface area contributed by atoms with Crippen molar-refractivity contribution in [3.63, 3.8) is 0 Å². The second kappa shape index (κ2) is 6.80. The number of benzene rings is 1. The van der Waals surface area contributed by atoms with Crippen LogP contribution in [0.15, 0.2) is 53.1 Å². The predicted molar refractivity (Wildman–Crippen MR) is 102 cm³/mol. The highest BCUT2D eigenvalue weighted by molar-refractivity contribution is 9.10. The van der Waals surface area contributed by atoms with Crippen LogP contribution in [0, 0.1) is 0 Å². The molecule has 2 heterocycles. The van der Waals surface area contributed by atoms with Gasteiger partial charge in [0.2, 0.25) is 0 Å². The van der Waals surface area contributed by atoms with Crippen molar-refractivity contribution in [1.82, 2.24) is 9.97 Å². The number of nitrogens with zero attached hydrogens (tertiary/aromatic N) is 2. The molecule has 5 nitrogen and oxygen atoms in total. The Hall–Kier alpha value is -2.47. The minimum absolute atomic E-state index is 0.256. The largest absolute Gasteiger partial charge is 0.487 e. The van der Waals surface area contributed by atoms with Gasteiger partial charge in [0, 0.05) is 17.1 Å². The summed E-state index contributed by atoms with van der Waals surface area (Å²) in [4.78, 5) is 21.1. The van der Waals surface area contributed by atoms with E-state index in [1.54, 1.807) is 30.5 Å². The van der Waals surface area contributed by atoms with Crippen LogP contribution < -0.4 is 10.1 Å². The first-order chi connectivity index (χ1) is 11.8. The molecular formula is C19H18BrN3O2. The predicted octanol–water partition coefficient (Wildman–Crippen LogP) is 4.82. The van der Waals surface area contributed by atoms with Crippen LogP contribution in [-0.4, -0.2) is 21.5 Å². The number of halogens is 1. The Morgan fingerprint density at radius 2 is 1.96 bits per heavy atom. The molecule has 0 fully saturated rings. The van der Waals surface area contributed by atoms with Crippen LogP contribution in [0.1, 0.15) is 31.1 Å². The Labute approximate surface area is 154 Å². The summed E-state index contributed by atoms with van der Waals surface area (Å²) in [6, 6.07) is 12.6. The lowest BCUT2D eigenvalue weighted by Gasteiger charge is -2.22. The maximum atomic E-state index is 12.5. The quantitative estimate of drug-likeness (QED) is 0.685. The van der Waals surface area contributed by atoms with Gasteiger partial charge < -0.3 is 10.1 Å². The fourth-order valence-electron chi connectivity index (χ4n) is 2.26. The lowest BCUT2D eigenvalue weighted by atomic mass is 10.1. The number of fused-ring (bicyclic) bond motifs is 1. The first-order valence-corrected chi connectivity index (χ1v) is 8.63. The molecule has 0 unspecified atom stereocenters. The summed E-state index contributed by atoms with van der Waals surface area (Å²) >= 11 is 3.45. The molecule has 1 aromatic carbocycles. The van der Waals surface area contributed by atoms with Gasteiger partial charge in [-0.2, -0.15) is 0 Å². The SMILES string of the molecule is CC(C)(C)Oc1cc(C(=O)Nc2ccc3cccnc3n2)ccc1Br. The number of carbonyl (C=O) groups excluding carboxylic acids is 1. The molecule has 2 aromatic heterocycles. The van der Waals surface area contributed by atoms with Crippen LogP contribution in [0.5, 0.6) is 5.75 Å². The fourth-order valence-corrected chi connectivity index (χ4v) is 2.59. The Morgan fingerprint density at radius 3 is 2.72 bits per heavy atom. The van der Waals surface area contributed by atoms with Crippen LogP contribution in [0.3, 0.4) is 0 Å². The number of aromatic nitrogens is 2. The van der Waals surface area contributed by atoms with Crippen molar-refractivity contribution in [3.05, 3.63) is 58.7 Å². The topological polar surface area (TPSA) is 64.1 Å². The first-order valence-electron chi connectivity index (χ1n) is 7.83. The molecule has 1 amide bonds. The van der Waals surface area contributed by atoms with Crippen molar-refractivity contribution in [2.45, 2.75) is 26.4 Å². The molecule has 0 saturated carbocycles. The first kappa shape index (κ1) is 17.4. The number of anilines is 1. The molecule has 0 aliphatic heterocycles. The van der Waals surface area contributed by atoms with Crippen LogP contribution in [0.25, 0.3) is 11.0 Å². The van der Waals surface area contributed by atoms with E-state index in [2.05, 4.69) is 31.2 Å². The summed E-state index contributed by atoms with van der Waals surface area (Å²) in [5.41, 5.74) is 0.724. The molecule has 0 bridgehead atoms. The van der Waals surface area contributed by atoms with Gasteiger partial charge in [0.05, 0.1) is 4.47 Å². The minimum Gasteiger partial charge on any atom is -0.487 e. The van der Waals surface area contributed by atoms with Gasteiger partial charge in [-0.3, -0.25) is 4.79 Å². The van der Waals surface area contributed by atoms with Crippen molar-refractivity contribution < 1.29 is 9.53 Å². The lowest BCUT2D eigenvalue weighted by Crippen LogP contribution is -2.23. The fraction of sp³-hybridized carbons (Fsp3) is 0.211. The van der Waals surface area contributed by atoms with Crippen molar-refractivity contribution in [2.75, 3.05) is 5.32 Å². The van der Waals surface area contributed by atoms with Crippen molar-refractivity contribution in [2.24, 2.45) is 0 Å². The maximum absolute atomic E-state index is 12.5. The number of carbonyl (C=O) groups is 1. The van der Waals surface area contributed by atoms with Crippen LogP contribution in [0.2, 0.25) is 0 Å². The van der Waals surface area contributed by atoms with Gasteiger partial charge in [0.25, 0.3) is 5.91 Å². The smallest absolute Gasteiger partial charge is 0.256 e. The maximum Gasteiger partial charge on any atom is 0.256 e. The highest BCUT2D eigenvalue weighted by Crippen LogP contribution is 2.29. The van der Waals surface area contributed by atoms with E-state index < -0.39 is 0 Å². The second-order valence-corrected chi connectivity index (χ2v) is 7.41. The van der Waals surface area contributed by atoms with Crippen LogP contribution in [0.4, 0.5) is 5.82 Å². The molecule has 25 heavy (non-hydrogen) atoms. The summed E-state index contributed by atoms with van der Waals surface area (Å²) in [6.45, 7) is 5.87. The standard InChI is InChI=1S/C19H18BrN3O2/c1-19(2,3)25-15-11-13(6-8-14(15)20)18(24)23-16-9-7-12-5-4-10-21-17(12)22-16/h4-11H,1-3H3,(H,21,22,23,24). The van der Waals surface area contributed by atoms with Gasteiger partial charge in [0.1, 0.15) is 17.2 Å². The van der Waals surface area contributed by atoms with Crippen LogP contribution in [-0.2, 0) is 0 Å². The third kappa shape index (κ3) is 4.33. The number of rotatable bonds is 3. The summed E-state index contributed by atoms with van der Waals surface area (Å²) in [5, 5.41) is 3.72. The molecule has 0 spiro atoms. The van der Waals surface area contributed by atoms with Gasteiger partial charge in [0.15, 0.2) is 5.65 Å². The third-order valence-electron chi connectivity index (χ3n) is 3.32. The lowest BCUT2D eigenvalue weighted by molar-refractivity contribution is 0.102. The van der Waals surface area contributed by atoms with Crippen molar-refractivity contribution >= 4 is 38.7 Å². The average molecular weight is 400 g/mol. The van der Waals surface area contributed by atoms with E-state index in [1.165, 1.54) is 0 Å². The molecule has 0 saturated heterocycles. The molecule has 1 N–H and O–H groups in total. The molecule has 3 rings (SSSR count). The minimum atomic E-state index is -0.358. The third-order valence-corrected chi connectivity index (χ3v) is 3.97. The number of amides is 1. The number of hydrogen-bond donors (Lipinski definition) is 1. The van der Waals surface area contributed by atoms with E-state index in [-0.39, 0.29) is 11.5 Å². The Kier molecular flexibility index (Phi) is 4.72. The zero-order valence-electron chi connectivity index (χ0n) is 14.2. The average Bonchev–Trinajstić information content (AvgIpc) is 2.55. The van der Waals surface area contributed by atoms with E-state index in [9.17, 15) is 4.79 Å². The van der Waals surface area contributed by atoms with E-state index >= 15 is 0 Å². The number of pyridine rings is 2. The normalized spacial score (nSPS) is 11.4. The molecule has 3 aromatic rings. The Morgan fingerprint density at radius 1 is 1.16 bits per heavy atom. The number of nitrogens with one attached hydrogen (secondary N) is 1. The van der Waals surface area contributed by atoms with Gasteiger partial charge in [-0.15, -0.1) is 0 Å². The Balaban J connectivity index is 1.83. The van der Waals surface area contributed by atoms with Crippen molar-refractivity contribution in [1.29, 1.82) is 0 Å². The Bertz CT molecular complexity index is 935. The molecule has 128 valence electrons. The van der Waals surface area contributed by atoms with Crippen molar-refractivity contribution in [3.8, 4) is 5.75 Å². The highest BCUT2D eigenvalue weighted by atomic mass is 79.9. The van der Waals surface area contributed by atoms with Crippen LogP contribution >= 0.6 is 15.9 Å².